The highest BCUT2D eigenvalue weighted by atomic mass is 35.5. The van der Waals surface area contributed by atoms with Crippen LogP contribution in [0.1, 0.15) is 30.5 Å². The Bertz CT molecular complexity index is 1150. The van der Waals surface area contributed by atoms with E-state index < -0.39 is 30.0 Å². The molecular weight excluding hydrogens is 530 g/mol. The summed E-state index contributed by atoms with van der Waals surface area (Å²) >= 11 is 7.76. The number of esters is 1. The number of alkyl halides is 1. The second kappa shape index (κ2) is 13.6. The molecule has 1 fully saturated rings. The first-order valence-electron chi connectivity index (χ1n) is 11.5. The van der Waals surface area contributed by atoms with Crippen molar-refractivity contribution in [3.05, 3.63) is 62.5 Å². The van der Waals surface area contributed by atoms with Gasteiger partial charge in [0.25, 0.3) is 6.47 Å². The number of thiazole rings is 1. The van der Waals surface area contributed by atoms with Gasteiger partial charge < -0.3 is 19.9 Å². The van der Waals surface area contributed by atoms with Crippen molar-refractivity contribution in [1.82, 2.24) is 15.2 Å². The molecule has 4 rings (SSSR count). The number of aromatic nitrogens is 1. The SMILES string of the molecule is CCOCC1C(F)CN1CC1=C(C(=O)OCC)[C@H](c2ccc(F)cc2Cl)N=C(c2nccs2)N1.O=CO. The third-order valence-corrected chi connectivity index (χ3v) is 6.77. The molecule has 2 aliphatic rings. The topological polar surface area (TPSA) is 113 Å². The summed E-state index contributed by atoms with van der Waals surface area (Å²) in [6.45, 7) is 4.66. The van der Waals surface area contributed by atoms with Gasteiger partial charge in [0, 0.05) is 47.6 Å². The molecule has 0 bridgehead atoms. The van der Waals surface area contributed by atoms with E-state index in [1.165, 1.54) is 29.5 Å². The quantitative estimate of drug-likeness (QED) is 0.356. The summed E-state index contributed by atoms with van der Waals surface area (Å²) in [7, 11) is 0. The van der Waals surface area contributed by atoms with Crippen molar-refractivity contribution >= 4 is 41.2 Å². The first kappa shape index (κ1) is 28.6. The number of carbonyl (C=O) groups excluding carboxylic acids is 1. The minimum absolute atomic E-state index is 0.136. The first-order chi connectivity index (χ1) is 17.8. The average Bonchev–Trinajstić information content (AvgIpc) is 3.39. The molecule has 0 saturated carbocycles. The van der Waals surface area contributed by atoms with Crippen LogP contribution in [0.3, 0.4) is 0 Å². The van der Waals surface area contributed by atoms with Gasteiger partial charge in [-0.15, -0.1) is 11.3 Å². The normalized spacial score (nSPS) is 21.2. The van der Waals surface area contributed by atoms with E-state index in [1.54, 1.807) is 13.1 Å². The smallest absolute Gasteiger partial charge is 0.338 e. The van der Waals surface area contributed by atoms with Crippen molar-refractivity contribution in [2.24, 2.45) is 4.99 Å². The van der Waals surface area contributed by atoms with Crippen LogP contribution in [0.15, 0.2) is 46.0 Å². The van der Waals surface area contributed by atoms with E-state index in [9.17, 15) is 13.6 Å². The summed E-state index contributed by atoms with van der Waals surface area (Å²) in [5.74, 6) is -0.625. The number of ether oxygens (including phenoxy) is 2. The molecule has 1 aromatic carbocycles. The summed E-state index contributed by atoms with van der Waals surface area (Å²) < 4.78 is 38.8. The Hall–Kier alpha value is -2.93. The Balaban J connectivity index is 0.00000121. The lowest BCUT2D eigenvalue weighted by atomic mass is 9.93. The van der Waals surface area contributed by atoms with Gasteiger partial charge in [-0.3, -0.25) is 14.7 Å². The molecule has 1 saturated heterocycles. The summed E-state index contributed by atoms with van der Waals surface area (Å²) in [6, 6.07) is 2.68. The molecule has 200 valence electrons. The summed E-state index contributed by atoms with van der Waals surface area (Å²) in [5, 5.41) is 12.7. The molecule has 2 N–H and O–H groups in total. The Morgan fingerprint density at radius 3 is 2.73 bits per heavy atom. The fourth-order valence-corrected chi connectivity index (χ4v) is 4.83. The maximum absolute atomic E-state index is 14.3. The molecule has 0 aliphatic carbocycles. The van der Waals surface area contributed by atoms with Crippen LogP contribution in [-0.4, -0.2) is 78.4 Å². The molecule has 37 heavy (non-hydrogen) atoms. The third kappa shape index (κ3) is 6.89. The van der Waals surface area contributed by atoms with E-state index in [0.29, 0.717) is 28.7 Å². The van der Waals surface area contributed by atoms with Crippen molar-refractivity contribution in [3.8, 4) is 0 Å². The van der Waals surface area contributed by atoms with Crippen LogP contribution in [-0.2, 0) is 19.1 Å². The summed E-state index contributed by atoms with van der Waals surface area (Å²) in [6.07, 6.45) is 0.631. The highest BCUT2D eigenvalue weighted by Crippen LogP contribution is 2.37. The molecule has 3 atom stereocenters. The van der Waals surface area contributed by atoms with E-state index in [1.807, 2.05) is 17.2 Å². The maximum Gasteiger partial charge on any atom is 0.338 e. The standard InChI is InChI=1S/C23H25ClF2N4O3S.CH2O2/c1-3-32-12-18-16(26)10-30(18)11-17-19(23(31)33-4-2)20(14-6-5-13(25)9-15(14)24)29-21(28-17)22-27-7-8-34-22;2-1-3/h5-9,16,18,20H,3-4,10-12H2,1-2H3,(H,28,29);1H,(H,2,3)/t16?,18?,20-;/m0./s1. The van der Waals surface area contributed by atoms with Gasteiger partial charge in [0.05, 0.1) is 24.8 Å². The van der Waals surface area contributed by atoms with Crippen molar-refractivity contribution in [1.29, 1.82) is 0 Å². The number of carbonyl (C=O) groups is 2. The summed E-state index contributed by atoms with van der Waals surface area (Å²) in [5.41, 5.74) is 1.21. The fraction of sp³-hybridized carbons (Fsp3) is 0.417. The Morgan fingerprint density at radius 2 is 2.14 bits per heavy atom. The molecule has 9 nitrogen and oxygen atoms in total. The molecule has 13 heteroatoms. The predicted octanol–water partition coefficient (Wildman–Crippen LogP) is 3.60. The lowest BCUT2D eigenvalue weighted by molar-refractivity contribution is -0.139. The largest absolute Gasteiger partial charge is 0.483 e. The van der Waals surface area contributed by atoms with Gasteiger partial charge in [-0.25, -0.2) is 18.6 Å². The molecule has 0 radical (unpaired) electrons. The first-order valence-corrected chi connectivity index (χ1v) is 12.7. The molecule has 2 aliphatic heterocycles. The van der Waals surface area contributed by atoms with Crippen LogP contribution < -0.4 is 5.32 Å². The molecule has 2 unspecified atom stereocenters. The second-order valence-electron chi connectivity index (χ2n) is 7.90. The Kier molecular flexibility index (Phi) is 10.5. The lowest BCUT2D eigenvalue weighted by Gasteiger charge is -2.44. The number of amidine groups is 1. The van der Waals surface area contributed by atoms with Crippen molar-refractivity contribution in [3.63, 3.8) is 0 Å². The average molecular weight is 557 g/mol. The van der Waals surface area contributed by atoms with Crippen molar-refractivity contribution < 1.29 is 33.0 Å². The van der Waals surface area contributed by atoms with E-state index in [0.717, 1.165) is 0 Å². The Morgan fingerprint density at radius 1 is 1.38 bits per heavy atom. The molecule has 0 amide bonds. The lowest BCUT2D eigenvalue weighted by Crippen LogP contribution is -2.61. The number of hydrogen-bond donors (Lipinski definition) is 2. The predicted molar refractivity (Wildman–Crippen MR) is 135 cm³/mol. The monoisotopic (exact) mass is 556 g/mol. The Labute approximate surface area is 221 Å². The molecule has 3 heterocycles. The highest BCUT2D eigenvalue weighted by Gasteiger charge is 2.42. The molecule has 0 spiro atoms. The number of carboxylic acid groups (broad SMARTS) is 1. The minimum Gasteiger partial charge on any atom is -0.483 e. The number of likely N-dealkylation sites (tertiary alicyclic amines) is 1. The van der Waals surface area contributed by atoms with Crippen LogP contribution in [0, 0.1) is 5.82 Å². The number of rotatable bonds is 9. The van der Waals surface area contributed by atoms with Crippen LogP contribution in [0.4, 0.5) is 8.78 Å². The molecular formula is C24H27ClF2N4O5S. The fourth-order valence-electron chi connectivity index (χ4n) is 3.97. The van der Waals surface area contributed by atoms with Crippen LogP contribution >= 0.6 is 22.9 Å². The number of benzene rings is 1. The van der Waals surface area contributed by atoms with Crippen molar-refractivity contribution in [2.45, 2.75) is 32.1 Å². The van der Waals surface area contributed by atoms with Crippen LogP contribution in [0.5, 0.6) is 0 Å². The van der Waals surface area contributed by atoms with Gasteiger partial charge >= 0.3 is 5.97 Å². The number of hydrogen-bond acceptors (Lipinski definition) is 9. The van der Waals surface area contributed by atoms with Gasteiger partial charge in [-0.05, 0) is 26.0 Å². The zero-order valence-electron chi connectivity index (χ0n) is 20.2. The van der Waals surface area contributed by atoms with Crippen LogP contribution in [0.25, 0.3) is 0 Å². The third-order valence-electron chi connectivity index (χ3n) is 5.66. The van der Waals surface area contributed by atoms with Gasteiger partial charge in [-0.2, -0.15) is 0 Å². The molecule has 1 aromatic heterocycles. The number of nitrogens with zero attached hydrogens (tertiary/aromatic N) is 3. The minimum atomic E-state index is -1.02. The summed E-state index contributed by atoms with van der Waals surface area (Å²) in [4.78, 5) is 32.4. The van der Waals surface area contributed by atoms with E-state index >= 15 is 0 Å². The second-order valence-corrected chi connectivity index (χ2v) is 9.20. The van der Waals surface area contributed by atoms with Gasteiger partial charge in [-0.1, -0.05) is 17.7 Å². The number of nitrogens with one attached hydrogen (secondary N) is 1. The van der Waals surface area contributed by atoms with E-state index in [2.05, 4.69) is 10.3 Å². The van der Waals surface area contributed by atoms with Gasteiger partial charge in [0.1, 0.15) is 18.0 Å². The van der Waals surface area contributed by atoms with Gasteiger partial charge in [0.2, 0.25) is 0 Å². The maximum atomic E-state index is 14.3. The number of halogens is 3. The van der Waals surface area contributed by atoms with Crippen LogP contribution in [0.2, 0.25) is 5.02 Å². The van der Waals surface area contributed by atoms with E-state index in [-0.39, 0.29) is 43.4 Å². The van der Waals surface area contributed by atoms with Gasteiger partial charge in [0.15, 0.2) is 10.8 Å². The van der Waals surface area contributed by atoms with E-state index in [4.69, 9.17) is 36.0 Å². The molecule has 2 aromatic rings. The van der Waals surface area contributed by atoms with Crippen molar-refractivity contribution in [2.75, 3.05) is 32.9 Å². The number of aliphatic imine (C=N–C) groups is 1. The zero-order chi connectivity index (χ0) is 26.9. The highest BCUT2D eigenvalue weighted by molar-refractivity contribution is 7.11. The zero-order valence-corrected chi connectivity index (χ0v) is 21.8.